The molecule has 0 radical (unpaired) electrons. The first kappa shape index (κ1) is 101. The Labute approximate surface area is 632 Å². The predicted octanol–water partition coefficient (Wildman–Crippen LogP) is 25.5. The molecule has 0 aliphatic heterocycles. The van der Waals surface area contributed by atoms with Crippen molar-refractivity contribution in [2.24, 2.45) is 11.8 Å². The Kier molecular flexibility index (Phi) is 74.1. The van der Waals surface area contributed by atoms with Crippen molar-refractivity contribution in [2.75, 3.05) is 39.6 Å². The molecule has 0 bridgehead atoms. The normalized spacial score (nSPS) is 13.9. The maximum atomic E-state index is 13.1. The first-order chi connectivity index (χ1) is 49.9. The van der Waals surface area contributed by atoms with Gasteiger partial charge in [-0.05, 0) is 37.5 Å². The van der Waals surface area contributed by atoms with Gasteiger partial charge in [0.05, 0.1) is 26.4 Å². The van der Waals surface area contributed by atoms with Crippen molar-refractivity contribution in [2.45, 2.75) is 464 Å². The van der Waals surface area contributed by atoms with Gasteiger partial charge in [-0.2, -0.15) is 0 Å². The van der Waals surface area contributed by atoms with Gasteiger partial charge in [0.1, 0.15) is 19.3 Å². The van der Waals surface area contributed by atoms with Crippen molar-refractivity contribution >= 4 is 39.5 Å². The van der Waals surface area contributed by atoms with Crippen LogP contribution in [0.1, 0.15) is 446 Å². The monoisotopic (exact) mass is 1510 g/mol. The molecule has 19 heteroatoms. The molecule has 0 aliphatic rings. The van der Waals surface area contributed by atoms with Gasteiger partial charge in [-0.25, -0.2) is 9.13 Å². The smallest absolute Gasteiger partial charge is 0.462 e. The van der Waals surface area contributed by atoms with Crippen LogP contribution in [0.4, 0.5) is 0 Å². The summed E-state index contributed by atoms with van der Waals surface area (Å²) in [5, 5.41) is 10.6. The third-order valence-electron chi connectivity index (χ3n) is 19.7. The van der Waals surface area contributed by atoms with Crippen LogP contribution in [0.5, 0.6) is 0 Å². The zero-order valence-electron chi connectivity index (χ0n) is 67.6. The van der Waals surface area contributed by atoms with Gasteiger partial charge in [-0.3, -0.25) is 37.3 Å². The summed E-state index contributed by atoms with van der Waals surface area (Å²) < 4.78 is 68.7. The average molecular weight is 1510 g/mol. The summed E-state index contributed by atoms with van der Waals surface area (Å²) >= 11 is 0. The highest BCUT2D eigenvalue weighted by atomic mass is 31.2. The molecule has 0 saturated carbocycles. The standard InChI is InChI=1S/C84H164O17P2/c1-7-9-11-13-15-17-19-20-21-22-23-24-25-29-32-35-38-42-49-55-61-67-82(87)95-72-79(100-83(88)68-62-56-50-43-39-36-33-30-27-26-28-31-34-37-40-46-52-58-64-76(3)4)74-98-102(90,91)96-70-78(85)71-97-103(92,93)99-75-80(73-94-81(86)66-60-54-48-41-18-16-14-12-10-8-2)101-84(89)69-63-57-51-45-44-47-53-59-65-77(5)6/h76-80,85H,7-75H2,1-6H3,(H,90,91)(H,92,93)/t78-,79-,80-/m1/s1. The lowest BCUT2D eigenvalue weighted by molar-refractivity contribution is -0.161. The number of aliphatic hydroxyl groups is 1. The molecule has 3 N–H and O–H groups in total. The van der Waals surface area contributed by atoms with Gasteiger partial charge < -0.3 is 33.8 Å². The fourth-order valence-corrected chi connectivity index (χ4v) is 14.6. The van der Waals surface area contributed by atoms with E-state index in [1.807, 2.05) is 0 Å². The summed E-state index contributed by atoms with van der Waals surface area (Å²) in [6, 6.07) is 0. The van der Waals surface area contributed by atoms with E-state index < -0.39 is 97.5 Å². The van der Waals surface area contributed by atoms with Gasteiger partial charge in [-0.1, -0.05) is 395 Å². The highest BCUT2D eigenvalue weighted by Gasteiger charge is 2.30. The van der Waals surface area contributed by atoms with Crippen LogP contribution < -0.4 is 0 Å². The van der Waals surface area contributed by atoms with E-state index in [2.05, 4.69) is 41.5 Å². The number of aliphatic hydroxyl groups excluding tert-OH is 1. The lowest BCUT2D eigenvalue weighted by Crippen LogP contribution is -2.30. The molecule has 17 nitrogen and oxygen atoms in total. The Balaban J connectivity index is 5.18. The summed E-state index contributed by atoms with van der Waals surface area (Å²) in [6.07, 6.45) is 66.9. The average Bonchev–Trinajstić information content (AvgIpc) is 0.910. The second-order valence-electron chi connectivity index (χ2n) is 31.2. The lowest BCUT2D eigenvalue weighted by Gasteiger charge is -2.21. The first-order valence-electron chi connectivity index (χ1n) is 43.5. The molecular formula is C84H164O17P2. The number of hydrogen-bond acceptors (Lipinski definition) is 15. The van der Waals surface area contributed by atoms with Gasteiger partial charge in [0.2, 0.25) is 0 Å². The SMILES string of the molecule is CCCCCCCCCCCCCCCCCCCCCCCC(=O)OC[C@H](COP(=O)(O)OC[C@@H](O)COP(=O)(O)OC[C@@H](COC(=O)CCCCCCCCCCCC)OC(=O)CCCCCCCCCCC(C)C)OC(=O)CCCCCCCCCCCCCCCCCCCCC(C)C. The number of unbranched alkanes of at least 4 members (excludes halogenated alkanes) is 53. The molecule has 0 aliphatic carbocycles. The highest BCUT2D eigenvalue weighted by Crippen LogP contribution is 2.45. The summed E-state index contributed by atoms with van der Waals surface area (Å²) in [6.45, 7) is 9.63. The van der Waals surface area contributed by atoms with Crippen molar-refractivity contribution < 1.29 is 80.2 Å². The van der Waals surface area contributed by atoms with Gasteiger partial charge in [-0.15, -0.1) is 0 Å². The van der Waals surface area contributed by atoms with E-state index in [1.54, 1.807) is 0 Å². The van der Waals surface area contributed by atoms with Crippen LogP contribution in [-0.2, 0) is 65.4 Å². The van der Waals surface area contributed by atoms with E-state index in [-0.39, 0.29) is 25.7 Å². The number of phosphoric ester groups is 2. The number of carbonyl (C=O) groups is 4. The number of hydrogen-bond donors (Lipinski definition) is 3. The summed E-state index contributed by atoms with van der Waals surface area (Å²) in [7, 11) is -9.92. The fourth-order valence-electron chi connectivity index (χ4n) is 13.1. The summed E-state index contributed by atoms with van der Waals surface area (Å²) in [5.74, 6) is -0.570. The minimum atomic E-state index is -4.96. The number of esters is 4. The van der Waals surface area contributed by atoms with Gasteiger partial charge in [0, 0.05) is 25.7 Å². The molecule has 0 heterocycles. The Bertz CT molecular complexity index is 1980. The maximum absolute atomic E-state index is 13.1. The molecule has 0 rings (SSSR count). The fraction of sp³-hybridized carbons (Fsp3) is 0.952. The molecule has 0 amide bonds. The predicted molar refractivity (Wildman–Crippen MR) is 423 cm³/mol. The second-order valence-corrected chi connectivity index (χ2v) is 34.1. The van der Waals surface area contributed by atoms with E-state index in [4.69, 9.17) is 37.0 Å². The Morgan fingerprint density at radius 3 is 0.660 bits per heavy atom. The maximum Gasteiger partial charge on any atom is 0.472 e. The topological polar surface area (TPSA) is 237 Å². The molecule has 0 spiro atoms. The molecule has 2 unspecified atom stereocenters. The largest absolute Gasteiger partial charge is 0.472 e. The van der Waals surface area contributed by atoms with Gasteiger partial charge in [0.25, 0.3) is 0 Å². The Morgan fingerprint density at radius 2 is 0.447 bits per heavy atom. The van der Waals surface area contributed by atoms with Gasteiger partial charge >= 0.3 is 39.5 Å². The van der Waals surface area contributed by atoms with E-state index in [9.17, 15) is 43.2 Å². The van der Waals surface area contributed by atoms with Crippen molar-refractivity contribution in [1.82, 2.24) is 0 Å². The van der Waals surface area contributed by atoms with Crippen LogP contribution in [0, 0.1) is 11.8 Å². The molecule has 103 heavy (non-hydrogen) atoms. The van der Waals surface area contributed by atoms with Crippen LogP contribution in [0.2, 0.25) is 0 Å². The Morgan fingerprint density at radius 1 is 0.262 bits per heavy atom. The van der Waals surface area contributed by atoms with Crippen LogP contribution in [0.3, 0.4) is 0 Å². The molecule has 0 aromatic carbocycles. The van der Waals surface area contributed by atoms with Crippen LogP contribution >= 0.6 is 15.6 Å². The number of phosphoric acid groups is 2. The highest BCUT2D eigenvalue weighted by molar-refractivity contribution is 7.47. The second kappa shape index (κ2) is 75.5. The number of ether oxygens (including phenoxy) is 4. The van der Waals surface area contributed by atoms with Crippen molar-refractivity contribution in [1.29, 1.82) is 0 Å². The van der Waals surface area contributed by atoms with E-state index >= 15 is 0 Å². The molecule has 0 saturated heterocycles. The first-order valence-corrected chi connectivity index (χ1v) is 46.5. The molecule has 0 aromatic rings. The van der Waals surface area contributed by atoms with Crippen molar-refractivity contribution in [3.05, 3.63) is 0 Å². The van der Waals surface area contributed by atoms with Crippen molar-refractivity contribution in [3.8, 4) is 0 Å². The van der Waals surface area contributed by atoms with Crippen molar-refractivity contribution in [3.63, 3.8) is 0 Å². The number of carbonyl (C=O) groups excluding carboxylic acids is 4. The lowest BCUT2D eigenvalue weighted by atomic mass is 10.0. The zero-order chi connectivity index (χ0) is 75.6. The minimum absolute atomic E-state index is 0.105. The third-order valence-corrected chi connectivity index (χ3v) is 21.6. The minimum Gasteiger partial charge on any atom is -0.462 e. The summed E-state index contributed by atoms with van der Waals surface area (Å²) in [5.41, 5.74) is 0. The van der Waals surface area contributed by atoms with E-state index in [0.717, 1.165) is 102 Å². The van der Waals surface area contributed by atoms with Crippen LogP contribution in [0.15, 0.2) is 0 Å². The molecule has 612 valence electrons. The molecular weight excluding hydrogens is 1340 g/mol. The van der Waals surface area contributed by atoms with E-state index in [0.29, 0.717) is 25.7 Å². The van der Waals surface area contributed by atoms with Gasteiger partial charge in [0.15, 0.2) is 12.2 Å². The Hall–Kier alpha value is -1.94. The quantitative estimate of drug-likeness (QED) is 0.0222. The van der Waals surface area contributed by atoms with E-state index in [1.165, 1.54) is 263 Å². The zero-order valence-corrected chi connectivity index (χ0v) is 69.4. The van der Waals surface area contributed by atoms with Crippen LogP contribution in [0.25, 0.3) is 0 Å². The molecule has 0 aromatic heterocycles. The van der Waals surface area contributed by atoms with Crippen LogP contribution in [-0.4, -0.2) is 96.7 Å². The number of rotatable bonds is 83. The summed E-state index contributed by atoms with van der Waals surface area (Å²) in [4.78, 5) is 73.0. The molecule has 5 atom stereocenters. The third kappa shape index (κ3) is 78.0. The molecule has 0 fully saturated rings.